The van der Waals surface area contributed by atoms with Crippen LogP contribution >= 0.6 is 23.5 Å². The quantitative estimate of drug-likeness (QED) is 0.215. The van der Waals surface area contributed by atoms with Crippen LogP contribution in [0.4, 0.5) is 17.3 Å². The highest BCUT2D eigenvalue weighted by Crippen LogP contribution is 2.38. The van der Waals surface area contributed by atoms with Gasteiger partial charge in [-0.25, -0.2) is 9.97 Å². The Hall–Kier alpha value is -2.98. The summed E-state index contributed by atoms with van der Waals surface area (Å²) >= 11 is 8.43. The predicted octanol–water partition coefficient (Wildman–Crippen LogP) is 7.01. The molecule has 8 nitrogen and oxygen atoms in total. The lowest BCUT2D eigenvalue weighted by Gasteiger charge is -2.42. The lowest BCUT2D eigenvalue weighted by Crippen LogP contribution is -2.52. The number of benzene rings is 2. The number of ether oxygens (including phenoxy) is 1. The molecular formula is C33H42ClN7OS. The first-order valence-electron chi connectivity index (χ1n) is 15.4. The molecular weight excluding hydrogens is 578 g/mol. The molecule has 10 heteroatoms. The van der Waals surface area contributed by atoms with Crippen molar-refractivity contribution in [2.45, 2.75) is 45.8 Å². The molecule has 0 radical (unpaired) electrons. The summed E-state index contributed by atoms with van der Waals surface area (Å²) in [6.07, 6.45) is 6.22. The van der Waals surface area contributed by atoms with Gasteiger partial charge in [0.1, 0.15) is 5.75 Å². The van der Waals surface area contributed by atoms with Crippen LogP contribution in [-0.4, -0.2) is 88.0 Å². The minimum atomic E-state index is 0.0635. The first-order chi connectivity index (χ1) is 20.9. The summed E-state index contributed by atoms with van der Waals surface area (Å²) < 4.78 is 8.55. The van der Waals surface area contributed by atoms with Crippen LogP contribution in [0.1, 0.15) is 33.6 Å². The van der Waals surface area contributed by atoms with Crippen molar-refractivity contribution in [2.24, 2.45) is 0 Å². The summed E-state index contributed by atoms with van der Waals surface area (Å²) in [5.74, 6) is 2.34. The van der Waals surface area contributed by atoms with E-state index in [0.717, 1.165) is 52.4 Å². The molecule has 0 unspecified atom stereocenters. The highest BCUT2D eigenvalue weighted by Gasteiger charge is 2.28. The molecule has 0 aliphatic carbocycles. The van der Waals surface area contributed by atoms with E-state index in [4.69, 9.17) is 21.3 Å². The Balaban J connectivity index is 1.22. The molecule has 228 valence electrons. The maximum Gasteiger partial charge on any atom is 0.227 e. The number of hydrogen-bond donors (Lipinski definition) is 1. The van der Waals surface area contributed by atoms with Crippen LogP contribution in [0.25, 0.3) is 22.2 Å². The molecule has 4 heterocycles. The monoisotopic (exact) mass is 619 g/mol. The zero-order valence-corrected chi connectivity index (χ0v) is 27.2. The molecule has 0 bridgehead atoms. The minimum Gasteiger partial charge on any atom is -0.489 e. The molecule has 6 rings (SSSR count). The molecule has 2 saturated heterocycles. The third-order valence-corrected chi connectivity index (χ3v) is 9.50. The Morgan fingerprint density at radius 3 is 2.56 bits per heavy atom. The molecule has 4 aromatic rings. The molecule has 1 N–H and O–H groups in total. The first-order valence-corrected chi connectivity index (χ1v) is 16.7. The number of fused-ring (bicyclic) bond motifs is 1. The molecule has 2 aliphatic rings. The van der Waals surface area contributed by atoms with Gasteiger partial charge in [0, 0.05) is 80.0 Å². The summed E-state index contributed by atoms with van der Waals surface area (Å²) in [7, 11) is 2.22. The fraction of sp³-hybridized carbons (Fsp3) is 0.455. The second kappa shape index (κ2) is 13.3. The van der Waals surface area contributed by atoms with E-state index >= 15 is 0 Å². The van der Waals surface area contributed by atoms with Gasteiger partial charge in [-0.3, -0.25) is 8.87 Å². The molecule has 0 saturated carbocycles. The largest absolute Gasteiger partial charge is 0.489 e. The molecule has 2 fully saturated rings. The summed E-state index contributed by atoms with van der Waals surface area (Å²) in [6.45, 7) is 13.1. The number of para-hydroxylation sites is 1. The van der Waals surface area contributed by atoms with Gasteiger partial charge in [-0.1, -0.05) is 36.7 Å². The number of piperazine rings is 1. The average molecular weight is 620 g/mol. The Bertz CT molecular complexity index is 1540. The zero-order valence-electron chi connectivity index (χ0n) is 25.6. The van der Waals surface area contributed by atoms with E-state index in [1.807, 2.05) is 6.07 Å². The van der Waals surface area contributed by atoms with E-state index in [-0.39, 0.29) is 6.10 Å². The summed E-state index contributed by atoms with van der Waals surface area (Å²) in [5, 5.41) is 5.05. The summed E-state index contributed by atoms with van der Waals surface area (Å²) in [4.78, 5) is 17.0. The third-order valence-electron chi connectivity index (χ3n) is 8.38. The van der Waals surface area contributed by atoms with Crippen molar-refractivity contribution in [1.29, 1.82) is 0 Å². The van der Waals surface area contributed by atoms with Gasteiger partial charge in [0.2, 0.25) is 5.95 Å². The molecule has 2 aliphatic heterocycles. The zero-order chi connectivity index (χ0) is 29.9. The van der Waals surface area contributed by atoms with E-state index in [0.29, 0.717) is 22.7 Å². The summed E-state index contributed by atoms with van der Waals surface area (Å²) in [5.41, 5.74) is 4.88. The number of likely N-dealkylation sites (N-methyl/N-ethyl adjacent to an activating group) is 1. The van der Waals surface area contributed by atoms with Crippen molar-refractivity contribution >= 4 is 51.8 Å². The van der Waals surface area contributed by atoms with Crippen molar-refractivity contribution in [3.8, 4) is 17.0 Å². The predicted molar refractivity (Wildman–Crippen MR) is 181 cm³/mol. The second-order valence-corrected chi connectivity index (χ2v) is 13.4. The number of rotatable bonds is 9. The number of aromatic nitrogens is 3. The second-order valence-electron chi connectivity index (χ2n) is 11.7. The maximum atomic E-state index is 6.68. The van der Waals surface area contributed by atoms with E-state index in [2.05, 4.69) is 99.4 Å². The molecule has 0 amide bonds. The van der Waals surface area contributed by atoms with Gasteiger partial charge >= 0.3 is 0 Å². The molecule has 0 spiro atoms. The first kappa shape index (κ1) is 30.1. The maximum absolute atomic E-state index is 6.68. The van der Waals surface area contributed by atoms with Gasteiger partial charge in [0.15, 0.2) is 0 Å². The van der Waals surface area contributed by atoms with Crippen LogP contribution in [0.5, 0.6) is 5.75 Å². The van der Waals surface area contributed by atoms with Crippen LogP contribution < -0.4 is 15.0 Å². The SMILES string of the molecule is CCSn1cc(-c2nc(Nc3ccc(N4CCC(N5CCN(C)CC5)CC4)c(OC(C)C)c3)ncc2Cl)c2ccccc21. The van der Waals surface area contributed by atoms with Gasteiger partial charge in [-0.05, 0) is 63.9 Å². The van der Waals surface area contributed by atoms with Crippen molar-refractivity contribution < 1.29 is 4.74 Å². The van der Waals surface area contributed by atoms with Gasteiger partial charge < -0.3 is 19.9 Å². The lowest BCUT2D eigenvalue weighted by atomic mass is 10.0. The van der Waals surface area contributed by atoms with E-state index < -0.39 is 0 Å². The van der Waals surface area contributed by atoms with Gasteiger partial charge in [0.25, 0.3) is 0 Å². The van der Waals surface area contributed by atoms with Gasteiger partial charge in [-0.2, -0.15) is 0 Å². The number of halogens is 1. The Morgan fingerprint density at radius 2 is 1.81 bits per heavy atom. The number of nitrogens with one attached hydrogen (secondary N) is 1. The number of piperidine rings is 1. The van der Waals surface area contributed by atoms with Crippen LogP contribution in [-0.2, 0) is 0 Å². The fourth-order valence-electron chi connectivity index (χ4n) is 6.19. The Labute approximate surface area is 264 Å². The van der Waals surface area contributed by atoms with E-state index in [1.54, 1.807) is 18.1 Å². The Morgan fingerprint density at radius 1 is 1.05 bits per heavy atom. The normalized spacial score (nSPS) is 17.2. The highest BCUT2D eigenvalue weighted by atomic mass is 35.5. The smallest absolute Gasteiger partial charge is 0.227 e. The van der Waals surface area contributed by atoms with Crippen molar-refractivity contribution in [1.82, 2.24) is 23.7 Å². The summed E-state index contributed by atoms with van der Waals surface area (Å²) in [6, 6.07) is 15.4. The van der Waals surface area contributed by atoms with E-state index in [9.17, 15) is 0 Å². The van der Waals surface area contributed by atoms with Gasteiger partial charge in [-0.15, -0.1) is 0 Å². The van der Waals surface area contributed by atoms with Crippen LogP contribution in [0.15, 0.2) is 54.9 Å². The third kappa shape index (κ3) is 6.75. The standard InChI is InChI=1S/C33H42ClN7OS/c1-5-43-41-22-27(26-8-6-7-9-29(26)41)32-28(34)21-35-33(37-32)36-24-10-11-30(31(20-24)42-23(2)3)40-14-12-25(13-15-40)39-18-16-38(4)17-19-39/h6-11,20-23,25H,5,12-19H2,1-4H3,(H,35,36,37). The molecule has 0 atom stereocenters. The van der Waals surface area contributed by atoms with Gasteiger partial charge in [0.05, 0.1) is 34.2 Å². The van der Waals surface area contributed by atoms with Crippen molar-refractivity contribution in [3.05, 3.63) is 59.9 Å². The van der Waals surface area contributed by atoms with E-state index in [1.165, 1.54) is 39.0 Å². The van der Waals surface area contributed by atoms with Crippen LogP contribution in [0.2, 0.25) is 5.02 Å². The number of anilines is 3. The highest BCUT2D eigenvalue weighted by molar-refractivity contribution is 7.97. The fourth-order valence-corrected chi connectivity index (χ4v) is 7.14. The molecule has 43 heavy (non-hydrogen) atoms. The van der Waals surface area contributed by atoms with Crippen molar-refractivity contribution in [2.75, 3.05) is 62.3 Å². The number of hydrogen-bond acceptors (Lipinski definition) is 8. The molecule has 2 aromatic heterocycles. The van der Waals surface area contributed by atoms with Crippen LogP contribution in [0.3, 0.4) is 0 Å². The number of nitrogens with zero attached hydrogens (tertiary/aromatic N) is 6. The minimum absolute atomic E-state index is 0.0635. The lowest BCUT2D eigenvalue weighted by molar-refractivity contribution is 0.0981. The topological polar surface area (TPSA) is 61.7 Å². The van der Waals surface area contributed by atoms with Crippen molar-refractivity contribution in [3.63, 3.8) is 0 Å². The average Bonchev–Trinajstić information content (AvgIpc) is 3.37. The Kier molecular flexibility index (Phi) is 9.33. The molecule has 2 aromatic carbocycles. The van der Waals surface area contributed by atoms with Crippen LogP contribution in [0, 0.1) is 0 Å².